The lowest BCUT2D eigenvalue weighted by atomic mass is 10.0. The topological polar surface area (TPSA) is 49.4 Å². The van der Waals surface area contributed by atoms with Gasteiger partial charge in [0.25, 0.3) is 0 Å². The average molecular weight is 328 g/mol. The van der Waals surface area contributed by atoms with Gasteiger partial charge in [0.15, 0.2) is 0 Å². The first-order valence-corrected chi connectivity index (χ1v) is 9.36. The minimum absolute atomic E-state index is 0.0148. The van der Waals surface area contributed by atoms with Crippen LogP contribution in [0.1, 0.15) is 50.7 Å². The number of hydrogen-bond donors (Lipinski definition) is 1. The summed E-state index contributed by atoms with van der Waals surface area (Å²) in [6, 6.07) is 6.18. The number of carbonyl (C=O) groups is 2. The molecule has 1 aromatic rings. The molecule has 1 aliphatic heterocycles. The van der Waals surface area contributed by atoms with Gasteiger partial charge >= 0.3 is 0 Å². The fourth-order valence-corrected chi connectivity index (χ4v) is 3.73. The van der Waals surface area contributed by atoms with Gasteiger partial charge in [-0.1, -0.05) is 32.0 Å². The van der Waals surface area contributed by atoms with E-state index in [1.807, 2.05) is 11.0 Å². The van der Waals surface area contributed by atoms with Gasteiger partial charge in [-0.2, -0.15) is 0 Å². The number of aryl methyl sites for hydroxylation is 2. The molecule has 3 rings (SSSR count). The standard InChI is InChI=1S/C20H28N2O2/c1-3-14-9-8-10-15(4-2)18(14)21-19(23)16-13-17(16)20(24)22-11-6-5-7-12-22/h8-10,16-17H,3-7,11-13H2,1-2H3,(H,21,23). The highest BCUT2D eigenvalue weighted by Gasteiger charge is 2.49. The number of carbonyl (C=O) groups excluding carboxylic acids is 2. The second-order valence-corrected chi connectivity index (χ2v) is 6.98. The highest BCUT2D eigenvalue weighted by atomic mass is 16.2. The molecule has 2 atom stereocenters. The van der Waals surface area contributed by atoms with Crippen LogP contribution < -0.4 is 5.32 Å². The highest BCUT2D eigenvalue weighted by molar-refractivity contribution is 6.00. The van der Waals surface area contributed by atoms with Gasteiger partial charge in [-0.15, -0.1) is 0 Å². The smallest absolute Gasteiger partial charge is 0.228 e. The number of anilines is 1. The van der Waals surface area contributed by atoms with Gasteiger partial charge in [0, 0.05) is 18.8 Å². The number of piperidine rings is 1. The predicted molar refractivity (Wildman–Crippen MR) is 95.9 cm³/mol. The maximum Gasteiger partial charge on any atom is 0.228 e. The Morgan fingerprint density at radius 3 is 2.25 bits per heavy atom. The third kappa shape index (κ3) is 3.47. The number of nitrogens with one attached hydrogen (secondary N) is 1. The summed E-state index contributed by atoms with van der Waals surface area (Å²) in [5.74, 6) is -0.0358. The molecule has 1 aromatic carbocycles. The van der Waals surface area contributed by atoms with Gasteiger partial charge in [0.05, 0.1) is 11.8 Å². The summed E-state index contributed by atoms with van der Waals surface area (Å²) in [5, 5.41) is 3.12. The van der Waals surface area contributed by atoms with E-state index in [0.29, 0.717) is 6.42 Å². The minimum atomic E-state index is -0.144. The van der Waals surface area contributed by atoms with Crippen molar-refractivity contribution in [2.45, 2.75) is 52.4 Å². The largest absolute Gasteiger partial charge is 0.342 e. The Labute approximate surface area is 144 Å². The van der Waals surface area contributed by atoms with E-state index < -0.39 is 0 Å². The zero-order valence-electron chi connectivity index (χ0n) is 14.8. The van der Waals surface area contributed by atoms with Crippen LogP contribution in [0.4, 0.5) is 5.69 Å². The van der Waals surface area contributed by atoms with Gasteiger partial charge in [0.1, 0.15) is 0 Å². The maximum atomic E-state index is 12.6. The van der Waals surface area contributed by atoms with E-state index in [4.69, 9.17) is 0 Å². The van der Waals surface area contributed by atoms with E-state index in [1.54, 1.807) is 0 Å². The van der Waals surface area contributed by atoms with Crippen molar-refractivity contribution in [3.05, 3.63) is 29.3 Å². The van der Waals surface area contributed by atoms with Crippen LogP contribution in [0.3, 0.4) is 0 Å². The number of para-hydroxylation sites is 1. The number of likely N-dealkylation sites (tertiary alicyclic amines) is 1. The number of amides is 2. The summed E-state index contributed by atoms with van der Waals surface area (Å²) in [5.41, 5.74) is 3.30. The van der Waals surface area contributed by atoms with Crippen molar-refractivity contribution in [2.24, 2.45) is 11.8 Å². The van der Waals surface area contributed by atoms with E-state index in [2.05, 4.69) is 31.3 Å². The summed E-state index contributed by atoms with van der Waals surface area (Å²) < 4.78 is 0. The van der Waals surface area contributed by atoms with Crippen molar-refractivity contribution in [2.75, 3.05) is 18.4 Å². The zero-order chi connectivity index (χ0) is 17.1. The van der Waals surface area contributed by atoms with Crippen LogP contribution in [-0.2, 0) is 22.4 Å². The summed E-state index contributed by atoms with van der Waals surface area (Å²) >= 11 is 0. The zero-order valence-corrected chi connectivity index (χ0v) is 14.8. The van der Waals surface area contributed by atoms with Crippen molar-refractivity contribution in [3.63, 3.8) is 0 Å². The lowest BCUT2D eigenvalue weighted by Gasteiger charge is -2.26. The third-order valence-electron chi connectivity index (χ3n) is 5.36. The molecule has 4 nitrogen and oxygen atoms in total. The first-order chi connectivity index (χ1) is 11.7. The molecule has 2 fully saturated rings. The Morgan fingerprint density at radius 2 is 1.67 bits per heavy atom. The molecule has 1 N–H and O–H groups in total. The van der Waals surface area contributed by atoms with E-state index in [-0.39, 0.29) is 23.7 Å². The van der Waals surface area contributed by atoms with Gasteiger partial charge in [-0.3, -0.25) is 9.59 Å². The third-order valence-corrected chi connectivity index (χ3v) is 5.36. The molecule has 1 heterocycles. The number of benzene rings is 1. The molecule has 2 amide bonds. The molecule has 2 aliphatic rings. The van der Waals surface area contributed by atoms with Crippen LogP contribution in [0.2, 0.25) is 0 Å². The average Bonchev–Trinajstić information content (AvgIpc) is 3.42. The first-order valence-electron chi connectivity index (χ1n) is 9.36. The van der Waals surface area contributed by atoms with E-state index in [1.165, 1.54) is 17.5 Å². The van der Waals surface area contributed by atoms with Crippen molar-refractivity contribution in [1.82, 2.24) is 4.90 Å². The van der Waals surface area contributed by atoms with Crippen LogP contribution in [0.15, 0.2) is 18.2 Å². The molecule has 0 radical (unpaired) electrons. The van der Waals surface area contributed by atoms with E-state index in [0.717, 1.165) is 44.5 Å². The van der Waals surface area contributed by atoms with Gasteiger partial charge < -0.3 is 10.2 Å². The monoisotopic (exact) mass is 328 g/mol. The van der Waals surface area contributed by atoms with Crippen LogP contribution in [0.5, 0.6) is 0 Å². The molecule has 130 valence electrons. The Bertz CT molecular complexity index is 598. The molecule has 1 saturated heterocycles. The second kappa shape index (κ2) is 7.37. The number of hydrogen-bond acceptors (Lipinski definition) is 2. The van der Waals surface area contributed by atoms with Crippen LogP contribution in [-0.4, -0.2) is 29.8 Å². The fourth-order valence-electron chi connectivity index (χ4n) is 3.73. The first kappa shape index (κ1) is 17.0. The minimum Gasteiger partial charge on any atom is -0.342 e. The molecule has 0 bridgehead atoms. The quantitative estimate of drug-likeness (QED) is 0.900. The fraction of sp³-hybridized carbons (Fsp3) is 0.600. The Hall–Kier alpha value is -1.84. The molecule has 0 spiro atoms. The van der Waals surface area contributed by atoms with Crippen LogP contribution >= 0.6 is 0 Å². The van der Waals surface area contributed by atoms with E-state index in [9.17, 15) is 9.59 Å². The van der Waals surface area contributed by atoms with Crippen molar-refractivity contribution in [1.29, 1.82) is 0 Å². The number of nitrogens with zero attached hydrogens (tertiary/aromatic N) is 1. The predicted octanol–water partition coefficient (Wildman–Crippen LogP) is 3.40. The molecule has 24 heavy (non-hydrogen) atoms. The van der Waals surface area contributed by atoms with Crippen molar-refractivity contribution < 1.29 is 9.59 Å². The Morgan fingerprint density at radius 1 is 1.04 bits per heavy atom. The second-order valence-electron chi connectivity index (χ2n) is 6.98. The van der Waals surface area contributed by atoms with Crippen molar-refractivity contribution >= 4 is 17.5 Å². The molecule has 0 aromatic heterocycles. The van der Waals surface area contributed by atoms with Crippen LogP contribution in [0.25, 0.3) is 0 Å². The molecule has 4 heteroatoms. The Kier molecular flexibility index (Phi) is 5.22. The molecular formula is C20H28N2O2. The van der Waals surface area contributed by atoms with Gasteiger partial charge in [-0.05, 0) is 49.7 Å². The number of rotatable bonds is 5. The molecular weight excluding hydrogens is 300 g/mol. The van der Waals surface area contributed by atoms with E-state index >= 15 is 0 Å². The molecule has 1 saturated carbocycles. The lowest BCUT2D eigenvalue weighted by Crippen LogP contribution is -2.37. The van der Waals surface area contributed by atoms with Gasteiger partial charge in [-0.25, -0.2) is 0 Å². The van der Waals surface area contributed by atoms with Crippen molar-refractivity contribution in [3.8, 4) is 0 Å². The summed E-state index contributed by atoms with van der Waals surface area (Å²) in [6.45, 7) is 5.93. The summed E-state index contributed by atoms with van der Waals surface area (Å²) in [7, 11) is 0. The lowest BCUT2D eigenvalue weighted by molar-refractivity contribution is -0.134. The van der Waals surface area contributed by atoms with Gasteiger partial charge in [0.2, 0.25) is 11.8 Å². The van der Waals surface area contributed by atoms with Crippen LogP contribution in [0, 0.1) is 11.8 Å². The SMILES string of the molecule is CCc1cccc(CC)c1NC(=O)C1CC1C(=O)N1CCCCC1. The summed E-state index contributed by atoms with van der Waals surface area (Å²) in [4.78, 5) is 27.1. The molecule has 2 unspecified atom stereocenters. The maximum absolute atomic E-state index is 12.6. The highest BCUT2D eigenvalue weighted by Crippen LogP contribution is 2.41. The molecule has 1 aliphatic carbocycles. The summed E-state index contributed by atoms with van der Waals surface area (Å²) in [6.07, 6.45) is 5.90. The Balaban J connectivity index is 1.64. The normalized spacial score (nSPS) is 23.0.